The van der Waals surface area contributed by atoms with Gasteiger partial charge in [-0.25, -0.2) is 0 Å². The number of carbonyl (C=O) groups is 2. The van der Waals surface area contributed by atoms with Crippen molar-refractivity contribution in [3.05, 3.63) is 41.1 Å². The van der Waals surface area contributed by atoms with Gasteiger partial charge in [0.1, 0.15) is 5.78 Å². The van der Waals surface area contributed by atoms with Crippen LogP contribution in [0.25, 0.3) is 0 Å². The number of para-hydroxylation sites is 1. The first kappa shape index (κ1) is 17.9. The van der Waals surface area contributed by atoms with E-state index in [-0.39, 0.29) is 17.1 Å². The van der Waals surface area contributed by atoms with Crippen molar-refractivity contribution in [2.45, 2.75) is 72.1 Å². The molecule has 1 aliphatic heterocycles. The van der Waals surface area contributed by atoms with Crippen LogP contribution in [0, 0.1) is 5.41 Å². The molecular weight excluding hydrogens is 310 g/mol. The maximum absolute atomic E-state index is 13.3. The second kappa shape index (κ2) is 6.12. The van der Waals surface area contributed by atoms with Gasteiger partial charge in [0.25, 0.3) is 0 Å². The summed E-state index contributed by atoms with van der Waals surface area (Å²) >= 11 is 0. The number of Topliss-reactive ketones (excluding diaryl/α,β-unsaturated/α-hetero) is 1. The van der Waals surface area contributed by atoms with Gasteiger partial charge in [-0.2, -0.15) is 0 Å². The zero-order valence-corrected chi connectivity index (χ0v) is 16.1. The van der Waals surface area contributed by atoms with Crippen molar-refractivity contribution in [2.24, 2.45) is 5.41 Å². The summed E-state index contributed by atoms with van der Waals surface area (Å²) in [7, 11) is 0. The van der Waals surface area contributed by atoms with Crippen LogP contribution in [0.4, 0.5) is 5.69 Å². The van der Waals surface area contributed by atoms with Gasteiger partial charge in [-0.15, -0.1) is 0 Å². The number of allylic oxidation sites excluding steroid dienone is 2. The normalized spacial score (nSPS) is 22.3. The Morgan fingerprint density at radius 2 is 1.96 bits per heavy atom. The molecule has 1 atom stereocenters. The van der Waals surface area contributed by atoms with Gasteiger partial charge in [-0.3, -0.25) is 9.69 Å². The Kier molecular flexibility index (Phi) is 4.38. The van der Waals surface area contributed by atoms with E-state index in [4.69, 9.17) is 0 Å². The lowest BCUT2D eigenvalue weighted by molar-refractivity contribution is -0.125. The number of anilines is 1. The number of carbonyl (C=O) groups excluding carboxylic acids is 2. The molecule has 1 amide bonds. The van der Waals surface area contributed by atoms with Crippen LogP contribution >= 0.6 is 0 Å². The highest BCUT2D eigenvalue weighted by Gasteiger charge is 2.49. The highest BCUT2D eigenvalue weighted by atomic mass is 16.2. The van der Waals surface area contributed by atoms with Crippen molar-refractivity contribution in [1.29, 1.82) is 0 Å². The standard InChI is InChI=1S/C22H29NO2/c1-15(24)12-13-16-9-8-10-17-19(16)23(20(25)21(2,3)4)18-11-6-7-14-22(17,18)5/h8-11H,6-7,12-14H2,1-5H3. The summed E-state index contributed by atoms with van der Waals surface area (Å²) in [4.78, 5) is 26.8. The zero-order chi connectivity index (χ0) is 18.4. The van der Waals surface area contributed by atoms with Crippen LogP contribution in [-0.4, -0.2) is 11.7 Å². The van der Waals surface area contributed by atoms with Crippen molar-refractivity contribution in [3.8, 4) is 0 Å². The average molecular weight is 339 g/mol. The van der Waals surface area contributed by atoms with Gasteiger partial charge in [-0.1, -0.05) is 45.0 Å². The fraction of sp³-hybridized carbons (Fsp3) is 0.545. The first-order valence-corrected chi connectivity index (χ1v) is 9.33. The molecule has 2 aliphatic rings. The number of amides is 1. The summed E-state index contributed by atoms with van der Waals surface area (Å²) in [6, 6.07) is 6.32. The Hall–Kier alpha value is -1.90. The molecule has 0 spiro atoms. The van der Waals surface area contributed by atoms with Crippen molar-refractivity contribution >= 4 is 17.4 Å². The van der Waals surface area contributed by atoms with E-state index < -0.39 is 5.41 Å². The van der Waals surface area contributed by atoms with Gasteiger partial charge in [0, 0.05) is 22.9 Å². The van der Waals surface area contributed by atoms with Crippen LogP contribution < -0.4 is 4.90 Å². The van der Waals surface area contributed by atoms with Gasteiger partial charge in [0.2, 0.25) is 5.91 Å². The maximum atomic E-state index is 13.3. The lowest BCUT2D eigenvalue weighted by atomic mass is 9.74. The van der Waals surface area contributed by atoms with Crippen molar-refractivity contribution in [3.63, 3.8) is 0 Å². The average Bonchev–Trinajstić information content (AvgIpc) is 2.80. The molecule has 1 aromatic carbocycles. The number of benzene rings is 1. The van der Waals surface area contributed by atoms with E-state index in [9.17, 15) is 9.59 Å². The number of hydrogen-bond donors (Lipinski definition) is 0. The third-order valence-electron chi connectivity index (χ3n) is 5.55. The highest BCUT2D eigenvalue weighted by molar-refractivity contribution is 6.04. The van der Waals surface area contributed by atoms with Gasteiger partial charge in [0.05, 0.1) is 5.69 Å². The molecule has 3 rings (SSSR count). The second-order valence-electron chi connectivity index (χ2n) is 8.72. The Morgan fingerprint density at radius 1 is 1.24 bits per heavy atom. The molecule has 0 saturated carbocycles. The summed E-state index contributed by atoms with van der Waals surface area (Å²) in [5.41, 5.74) is 4.00. The number of nitrogens with zero attached hydrogens (tertiary/aromatic N) is 1. The molecule has 0 saturated heterocycles. The summed E-state index contributed by atoms with van der Waals surface area (Å²) in [5, 5.41) is 0. The number of hydrogen-bond acceptors (Lipinski definition) is 2. The van der Waals surface area contributed by atoms with E-state index in [1.165, 1.54) is 5.56 Å². The van der Waals surface area contributed by atoms with E-state index in [0.29, 0.717) is 12.8 Å². The topological polar surface area (TPSA) is 37.4 Å². The Labute approximate surface area is 151 Å². The molecule has 1 aliphatic carbocycles. The number of rotatable bonds is 3. The molecule has 1 unspecified atom stereocenters. The summed E-state index contributed by atoms with van der Waals surface area (Å²) in [5.74, 6) is 0.327. The fourth-order valence-electron chi connectivity index (χ4n) is 4.14. The van der Waals surface area contributed by atoms with Crippen molar-refractivity contribution in [1.82, 2.24) is 0 Å². The minimum absolute atomic E-state index is 0.0965. The zero-order valence-electron chi connectivity index (χ0n) is 16.1. The molecule has 0 radical (unpaired) electrons. The van der Waals surface area contributed by atoms with Gasteiger partial charge in [-0.05, 0) is 50.7 Å². The lowest BCUT2D eigenvalue weighted by Gasteiger charge is -2.35. The third-order valence-corrected chi connectivity index (χ3v) is 5.55. The van der Waals surface area contributed by atoms with Crippen LogP contribution in [0.3, 0.4) is 0 Å². The van der Waals surface area contributed by atoms with Gasteiger partial charge in [0.15, 0.2) is 0 Å². The number of ketones is 1. The van der Waals surface area contributed by atoms with E-state index in [1.807, 2.05) is 25.7 Å². The molecule has 3 heteroatoms. The van der Waals surface area contributed by atoms with Gasteiger partial charge < -0.3 is 4.79 Å². The summed E-state index contributed by atoms with van der Waals surface area (Å²) < 4.78 is 0. The predicted octanol–water partition coefficient (Wildman–Crippen LogP) is 4.93. The number of fused-ring (bicyclic) bond motifs is 3. The second-order valence-corrected chi connectivity index (χ2v) is 8.72. The lowest BCUT2D eigenvalue weighted by Crippen LogP contribution is -2.41. The van der Waals surface area contributed by atoms with E-state index in [2.05, 4.69) is 31.2 Å². The molecule has 0 fully saturated rings. The van der Waals surface area contributed by atoms with Crippen LogP contribution in [0.2, 0.25) is 0 Å². The Balaban J connectivity index is 2.18. The van der Waals surface area contributed by atoms with Crippen LogP contribution in [0.5, 0.6) is 0 Å². The molecule has 25 heavy (non-hydrogen) atoms. The predicted molar refractivity (Wildman–Crippen MR) is 102 cm³/mol. The first-order valence-electron chi connectivity index (χ1n) is 9.33. The summed E-state index contributed by atoms with van der Waals surface area (Å²) in [6.07, 6.45) is 6.70. The smallest absolute Gasteiger partial charge is 0.236 e. The third kappa shape index (κ3) is 2.94. The first-order chi connectivity index (χ1) is 11.7. The minimum atomic E-state index is -0.450. The van der Waals surface area contributed by atoms with Crippen LogP contribution in [-0.2, 0) is 21.4 Å². The largest absolute Gasteiger partial charge is 0.300 e. The van der Waals surface area contributed by atoms with Gasteiger partial charge >= 0.3 is 0 Å². The molecule has 1 aromatic rings. The summed E-state index contributed by atoms with van der Waals surface area (Å²) in [6.45, 7) is 9.83. The van der Waals surface area contributed by atoms with Crippen molar-refractivity contribution < 1.29 is 9.59 Å². The minimum Gasteiger partial charge on any atom is -0.300 e. The SMILES string of the molecule is CC(=O)CCc1cccc2c1N(C(=O)C(C)(C)C)C1=CCCCC12C. The molecule has 134 valence electrons. The molecule has 0 bridgehead atoms. The quantitative estimate of drug-likeness (QED) is 0.783. The Bertz CT molecular complexity index is 754. The molecule has 3 nitrogen and oxygen atoms in total. The molecule has 1 heterocycles. The fourth-order valence-corrected chi connectivity index (χ4v) is 4.14. The maximum Gasteiger partial charge on any atom is 0.236 e. The number of aryl methyl sites for hydroxylation is 1. The molecule has 0 aromatic heterocycles. The Morgan fingerprint density at radius 3 is 2.60 bits per heavy atom. The highest BCUT2D eigenvalue weighted by Crippen LogP contribution is 2.54. The van der Waals surface area contributed by atoms with E-state index in [0.717, 1.165) is 36.2 Å². The van der Waals surface area contributed by atoms with Crippen LogP contribution in [0.1, 0.15) is 71.4 Å². The van der Waals surface area contributed by atoms with E-state index in [1.54, 1.807) is 6.92 Å². The van der Waals surface area contributed by atoms with Crippen molar-refractivity contribution in [2.75, 3.05) is 4.90 Å². The van der Waals surface area contributed by atoms with Crippen LogP contribution in [0.15, 0.2) is 30.0 Å². The van der Waals surface area contributed by atoms with E-state index >= 15 is 0 Å². The monoisotopic (exact) mass is 339 g/mol. The molecular formula is C22H29NO2. The molecule has 0 N–H and O–H groups in total.